The molecule has 5 nitrogen and oxygen atoms in total. The SMILES string of the molecule is CCOc1cc(/C=C2/N=C(c3ccccc3C)OC2=O)ccc1OCc1ccc(C)cc1. The highest BCUT2D eigenvalue weighted by Crippen LogP contribution is 2.31. The van der Waals surface area contributed by atoms with E-state index in [1.165, 1.54) is 5.56 Å². The number of rotatable bonds is 7. The summed E-state index contributed by atoms with van der Waals surface area (Å²) in [4.78, 5) is 16.8. The van der Waals surface area contributed by atoms with Crippen molar-refractivity contribution in [1.82, 2.24) is 0 Å². The number of nitrogens with zero attached hydrogens (tertiary/aromatic N) is 1. The summed E-state index contributed by atoms with van der Waals surface area (Å²) in [7, 11) is 0. The average molecular weight is 428 g/mol. The predicted octanol–water partition coefficient (Wildman–Crippen LogP) is 5.63. The van der Waals surface area contributed by atoms with Crippen molar-refractivity contribution in [1.29, 1.82) is 0 Å². The Kier molecular flexibility index (Phi) is 6.36. The molecule has 0 unspecified atom stereocenters. The Morgan fingerprint density at radius 3 is 2.47 bits per heavy atom. The molecule has 162 valence electrons. The van der Waals surface area contributed by atoms with E-state index in [0.717, 1.165) is 22.3 Å². The summed E-state index contributed by atoms with van der Waals surface area (Å²) in [6.07, 6.45) is 1.69. The molecule has 1 aliphatic heterocycles. The molecule has 5 heteroatoms. The van der Waals surface area contributed by atoms with Crippen LogP contribution in [0, 0.1) is 13.8 Å². The van der Waals surface area contributed by atoms with E-state index >= 15 is 0 Å². The lowest BCUT2D eigenvalue weighted by Gasteiger charge is -2.13. The first-order valence-corrected chi connectivity index (χ1v) is 10.6. The van der Waals surface area contributed by atoms with Crippen LogP contribution >= 0.6 is 0 Å². The maximum atomic E-state index is 12.4. The van der Waals surface area contributed by atoms with Gasteiger partial charge < -0.3 is 14.2 Å². The zero-order valence-corrected chi connectivity index (χ0v) is 18.4. The lowest BCUT2D eigenvalue weighted by Crippen LogP contribution is -2.06. The number of hydrogen-bond acceptors (Lipinski definition) is 5. The fourth-order valence-electron chi connectivity index (χ4n) is 3.34. The lowest BCUT2D eigenvalue weighted by molar-refractivity contribution is -0.129. The van der Waals surface area contributed by atoms with Crippen LogP contribution in [0.1, 0.15) is 34.7 Å². The first-order valence-electron chi connectivity index (χ1n) is 10.6. The van der Waals surface area contributed by atoms with Crippen molar-refractivity contribution >= 4 is 17.9 Å². The van der Waals surface area contributed by atoms with Gasteiger partial charge in [-0.25, -0.2) is 9.79 Å². The number of hydrogen-bond donors (Lipinski definition) is 0. The van der Waals surface area contributed by atoms with Crippen LogP contribution in [0.15, 0.2) is 77.4 Å². The van der Waals surface area contributed by atoms with Gasteiger partial charge in [0, 0.05) is 5.56 Å². The molecular formula is C27H25NO4. The molecule has 0 radical (unpaired) electrons. The minimum absolute atomic E-state index is 0.249. The molecule has 0 bridgehead atoms. The highest BCUT2D eigenvalue weighted by atomic mass is 16.6. The summed E-state index contributed by atoms with van der Waals surface area (Å²) in [5.74, 6) is 1.11. The number of ether oxygens (including phenoxy) is 3. The van der Waals surface area contributed by atoms with Crippen molar-refractivity contribution in [3.05, 3.63) is 100 Å². The topological polar surface area (TPSA) is 57.1 Å². The molecular weight excluding hydrogens is 402 g/mol. The van der Waals surface area contributed by atoms with Crippen molar-refractivity contribution in [3.63, 3.8) is 0 Å². The minimum Gasteiger partial charge on any atom is -0.490 e. The molecule has 4 rings (SSSR count). The Balaban J connectivity index is 1.56. The van der Waals surface area contributed by atoms with Crippen molar-refractivity contribution in [2.24, 2.45) is 4.99 Å². The van der Waals surface area contributed by atoms with E-state index in [1.807, 2.05) is 68.4 Å². The molecule has 3 aromatic carbocycles. The molecule has 0 aromatic heterocycles. The van der Waals surface area contributed by atoms with Crippen LogP contribution in [-0.2, 0) is 16.1 Å². The number of carbonyl (C=O) groups excluding carboxylic acids is 1. The third-order valence-electron chi connectivity index (χ3n) is 5.08. The molecule has 0 amide bonds. The van der Waals surface area contributed by atoms with E-state index in [4.69, 9.17) is 14.2 Å². The molecule has 0 aliphatic carbocycles. The number of benzene rings is 3. The minimum atomic E-state index is -0.471. The number of carbonyl (C=O) groups is 1. The van der Waals surface area contributed by atoms with E-state index < -0.39 is 5.97 Å². The van der Waals surface area contributed by atoms with Gasteiger partial charge in [0.2, 0.25) is 5.90 Å². The summed E-state index contributed by atoms with van der Waals surface area (Å²) >= 11 is 0. The Hall–Kier alpha value is -3.86. The Morgan fingerprint density at radius 1 is 0.938 bits per heavy atom. The first kappa shape index (κ1) is 21.4. The van der Waals surface area contributed by atoms with Gasteiger partial charge in [0.1, 0.15) is 6.61 Å². The number of aryl methyl sites for hydroxylation is 2. The summed E-state index contributed by atoms with van der Waals surface area (Å²) < 4.78 is 17.2. The van der Waals surface area contributed by atoms with Crippen LogP contribution in [0.5, 0.6) is 11.5 Å². The van der Waals surface area contributed by atoms with Gasteiger partial charge in [-0.15, -0.1) is 0 Å². The smallest absolute Gasteiger partial charge is 0.363 e. The first-order chi connectivity index (χ1) is 15.5. The second-order valence-corrected chi connectivity index (χ2v) is 7.56. The highest BCUT2D eigenvalue weighted by molar-refractivity contribution is 6.13. The monoisotopic (exact) mass is 427 g/mol. The summed E-state index contributed by atoms with van der Waals surface area (Å²) in [5, 5.41) is 0. The van der Waals surface area contributed by atoms with Crippen LogP contribution in [0.25, 0.3) is 6.08 Å². The summed E-state index contributed by atoms with van der Waals surface area (Å²) in [6, 6.07) is 21.4. The zero-order valence-electron chi connectivity index (χ0n) is 18.4. The molecule has 0 spiro atoms. The quantitative estimate of drug-likeness (QED) is 0.362. The molecule has 3 aromatic rings. The number of cyclic esters (lactones) is 1. The van der Waals surface area contributed by atoms with Gasteiger partial charge >= 0.3 is 5.97 Å². The zero-order chi connectivity index (χ0) is 22.5. The Labute approximate surface area is 188 Å². The third-order valence-corrected chi connectivity index (χ3v) is 5.08. The van der Waals surface area contributed by atoms with Crippen LogP contribution < -0.4 is 9.47 Å². The van der Waals surface area contributed by atoms with Crippen LogP contribution in [0.3, 0.4) is 0 Å². The summed E-state index contributed by atoms with van der Waals surface area (Å²) in [5.41, 5.74) is 5.11. The maximum absolute atomic E-state index is 12.4. The largest absolute Gasteiger partial charge is 0.490 e. The molecule has 0 saturated heterocycles. The molecule has 0 atom stereocenters. The van der Waals surface area contributed by atoms with Crippen molar-refractivity contribution < 1.29 is 19.0 Å². The molecule has 32 heavy (non-hydrogen) atoms. The summed E-state index contributed by atoms with van der Waals surface area (Å²) in [6.45, 7) is 6.87. The van der Waals surface area contributed by atoms with Gasteiger partial charge in [-0.2, -0.15) is 0 Å². The van der Waals surface area contributed by atoms with E-state index in [2.05, 4.69) is 24.0 Å². The van der Waals surface area contributed by atoms with Crippen LogP contribution in [-0.4, -0.2) is 18.5 Å². The molecule has 0 N–H and O–H groups in total. The van der Waals surface area contributed by atoms with Crippen molar-refractivity contribution in [2.45, 2.75) is 27.4 Å². The standard InChI is InChI=1S/C27H25NO4/c1-4-30-25-16-21(13-14-24(25)31-17-20-11-9-18(2)10-12-20)15-23-27(29)32-26(28-23)22-8-6-5-7-19(22)3/h5-16H,4,17H2,1-3H3/b23-15+. The van der Waals surface area contributed by atoms with E-state index in [-0.39, 0.29) is 5.70 Å². The van der Waals surface area contributed by atoms with Crippen LogP contribution in [0.2, 0.25) is 0 Å². The van der Waals surface area contributed by atoms with Crippen molar-refractivity contribution in [3.8, 4) is 11.5 Å². The van der Waals surface area contributed by atoms with Gasteiger partial charge in [-0.1, -0.05) is 54.1 Å². The third kappa shape index (κ3) is 4.89. The number of esters is 1. The van der Waals surface area contributed by atoms with E-state index in [1.54, 1.807) is 6.08 Å². The maximum Gasteiger partial charge on any atom is 0.363 e. The van der Waals surface area contributed by atoms with Crippen LogP contribution in [0.4, 0.5) is 0 Å². The highest BCUT2D eigenvalue weighted by Gasteiger charge is 2.25. The van der Waals surface area contributed by atoms with E-state index in [0.29, 0.717) is 30.6 Å². The predicted molar refractivity (Wildman–Crippen MR) is 125 cm³/mol. The van der Waals surface area contributed by atoms with Crippen molar-refractivity contribution in [2.75, 3.05) is 6.61 Å². The second kappa shape index (κ2) is 9.52. The normalized spacial score (nSPS) is 14.3. The number of aliphatic imine (C=N–C) groups is 1. The van der Waals surface area contributed by atoms with Gasteiger partial charge in [0.25, 0.3) is 0 Å². The molecule has 0 saturated carbocycles. The fraction of sp³-hybridized carbons (Fsp3) is 0.185. The molecule has 1 heterocycles. The lowest BCUT2D eigenvalue weighted by atomic mass is 10.1. The van der Waals surface area contributed by atoms with Gasteiger partial charge in [-0.3, -0.25) is 0 Å². The van der Waals surface area contributed by atoms with Gasteiger partial charge in [0.05, 0.1) is 6.61 Å². The fourth-order valence-corrected chi connectivity index (χ4v) is 3.34. The molecule has 1 aliphatic rings. The average Bonchev–Trinajstić information content (AvgIpc) is 3.15. The Bertz CT molecular complexity index is 1190. The second-order valence-electron chi connectivity index (χ2n) is 7.56. The molecule has 0 fully saturated rings. The Morgan fingerprint density at radius 2 is 1.72 bits per heavy atom. The van der Waals surface area contributed by atoms with E-state index in [9.17, 15) is 4.79 Å². The van der Waals surface area contributed by atoms with Gasteiger partial charge in [-0.05, 0) is 61.7 Å². The van der Waals surface area contributed by atoms with Gasteiger partial charge in [0.15, 0.2) is 17.2 Å².